The van der Waals surface area contributed by atoms with Crippen LogP contribution in [-0.4, -0.2) is 16.6 Å². The van der Waals surface area contributed by atoms with Crippen LogP contribution in [0.25, 0.3) is 0 Å². The van der Waals surface area contributed by atoms with Gasteiger partial charge in [0.05, 0.1) is 5.60 Å². The highest BCUT2D eigenvalue weighted by atomic mass is 19.1. The first-order valence-electron chi connectivity index (χ1n) is 8.67. The van der Waals surface area contributed by atoms with Crippen LogP contribution in [0, 0.1) is 23.1 Å². The number of nitrogens with one attached hydrogen (secondary N) is 1. The normalized spacial score (nSPS) is 37.8. The van der Waals surface area contributed by atoms with E-state index in [1.165, 1.54) is 18.6 Å². The number of rotatable bonds is 4. The maximum Gasteiger partial charge on any atom is 0.220 e. The van der Waals surface area contributed by atoms with E-state index in [0.717, 1.165) is 37.7 Å². The summed E-state index contributed by atoms with van der Waals surface area (Å²) in [6.07, 6.45) is 6.60. The van der Waals surface area contributed by atoms with Gasteiger partial charge in [0.1, 0.15) is 5.82 Å². The molecule has 3 nitrogen and oxygen atoms in total. The van der Waals surface area contributed by atoms with E-state index < -0.39 is 5.60 Å². The average Bonchev–Trinajstić information content (AvgIpc) is 2.43. The molecule has 4 fully saturated rings. The Kier molecular flexibility index (Phi) is 3.49. The van der Waals surface area contributed by atoms with Crippen molar-refractivity contribution in [3.8, 4) is 0 Å². The Morgan fingerprint density at radius 2 is 1.83 bits per heavy atom. The number of carbonyl (C=O) groups excluding carboxylic acids is 1. The molecule has 0 spiro atoms. The molecule has 4 atom stereocenters. The zero-order valence-electron chi connectivity index (χ0n) is 13.4. The number of hydrogen-bond acceptors (Lipinski definition) is 2. The fourth-order valence-electron chi connectivity index (χ4n) is 5.81. The van der Waals surface area contributed by atoms with E-state index in [1.807, 2.05) is 0 Å². The lowest BCUT2D eigenvalue weighted by atomic mass is 9.47. The predicted molar refractivity (Wildman–Crippen MR) is 84.9 cm³/mol. The fraction of sp³-hybridized carbons (Fsp3) is 0.632. The van der Waals surface area contributed by atoms with E-state index in [0.29, 0.717) is 24.8 Å². The van der Waals surface area contributed by atoms with Crippen LogP contribution in [-0.2, 0) is 11.3 Å². The molecule has 1 aromatic rings. The molecule has 0 aromatic heterocycles. The predicted octanol–water partition coefficient (Wildman–Crippen LogP) is 3.16. The van der Waals surface area contributed by atoms with Gasteiger partial charge in [-0.25, -0.2) is 4.39 Å². The van der Waals surface area contributed by atoms with Crippen molar-refractivity contribution in [3.05, 3.63) is 35.6 Å². The topological polar surface area (TPSA) is 49.3 Å². The zero-order chi connectivity index (χ0) is 16.1. The van der Waals surface area contributed by atoms with Crippen molar-refractivity contribution in [2.45, 2.75) is 57.1 Å². The number of amides is 1. The van der Waals surface area contributed by atoms with Crippen LogP contribution in [0.1, 0.15) is 50.5 Å². The molecule has 0 saturated heterocycles. The molecule has 1 aromatic carbocycles. The largest absolute Gasteiger partial charge is 0.390 e. The number of benzene rings is 1. The molecule has 4 aliphatic carbocycles. The van der Waals surface area contributed by atoms with Crippen LogP contribution in [0.4, 0.5) is 4.39 Å². The van der Waals surface area contributed by atoms with E-state index in [2.05, 4.69) is 5.32 Å². The highest BCUT2D eigenvalue weighted by Crippen LogP contribution is 2.62. The third kappa shape index (κ3) is 3.01. The van der Waals surface area contributed by atoms with Crippen LogP contribution >= 0.6 is 0 Å². The number of carbonyl (C=O) groups is 1. The van der Waals surface area contributed by atoms with Crippen molar-refractivity contribution in [2.75, 3.05) is 0 Å². The van der Waals surface area contributed by atoms with Gasteiger partial charge in [-0.15, -0.1) is 0 Å². The number of halogens is 1. The lowest BCUT2D eigenvalue weighted by Crippen LogP contribution is -2.56. The molecule has 4 saturated carbocycles. The molecular weight excluding hydrogens is 293 g/mol. The molecular formula is C19H24FNO2. The van der Waals surface area contributed by atoms with Crippen LogP contribution in [0.2, 0.25) is 0 Å². The van der Waals surface area contributed by atoms with Crippen molar-refractivity contribution in [1.29, 1.82) is 0 Å². The Bertz CT molecular complexity index is 598. The summed E-state index contributed by atoms with van der Waals surface area (Å²) in [6, 6.07) is 6.22. The van der Waals surface area contributed by atoms with Gasteiger partial charge in [0.25, 0.3) is 0 Å². The summed E-state index contributed by atoms with van der Waals surface area (Å²) in [4.78, 5) is 12.4. The van der Waals surface area contributed by atoms with Crippen molar-refractivity contribution in [3.63, 3.8) is 0 Å². The van der Waals surface area contributed by atoms with Gasteiger partial charge in [0.2, 0.25) is 5.91 Å². The fourth-order valence-corrected chi connectivity index (χ4v) is 5.81. The van der Waals surface area contributed by atoms with Crippen LogP contribution < -0.4 is 5.32 Å². The standard InChI is InChI=1S/C19H24FNO2/c20-16-3-1-13(2-4-16)11-21-17(22)10-18-6-14-5-15(7-18)9-19(23,8-14)12-18/h1-4,14-15,23H,5-12H2,(H,21,22)/t14-,15+,18?,19?. The molecule has 1 amide bonds. The van der Waals surface area contributed by atoms with Crippen molar-refractivity contribution < 1.29 is 14.3 Å². The van der Waals surface area contributed by atoms with Gasteiger partial charge in [-0.1, -0.05) is 12.1 Å². The van der Waals surface area contributed by atoms with Crippen molar-refractivity contribution >= 4 is 5.91 Å². The van der Waals surface area contributed by atoms with Gasteiger partial charge in [0.15, 0.2) is 0 Å². The first-order valence-corrected chi connectivity index (χ1v) is 8.67. The first kappa shape index (κ1) is 15.1. The second-order valence-electron chi connectivity index (χ2n) is 8.27. The molecule has 4 aliphatic rings. The Morgan fingerprint density at radius 1 is 1.17 bits per heavy atom. The van der Waals surface area contributed by atoms with Crippen molar-refractivity contribution in [1.82, 2.24) is 5.32 Å². The molecule has 0 radical (unpaired) electrons. The lowest BCUT2D eigenvalue weighted by Gasteiger charge is -2.60. The SMILES string of the molecule is O=C(CC12C[C@@H]3C[C@@H](CC(O)(C3)C1)C2)NCc1ccc(F)cc1. The Labute approximate surface area is 136 Å². The Hall–Kier alpha value is -1.42. The molecule has 5 rings (SSSR count). The van der Waals surface area contributed by atoms with E-state index in [4.69, 9.17) is 0 Å². The highest BCUT2D eigenvalue weighted by Gasteiger charge is 2.57. The van der Waals surface area contributed by atoms with E-state index >= 15 is 0 Å². The van der Waals surface area contributed by atoms with Gasteiger partial charge < -0.3 is 10.4 Å². The molecule has 124 valence electrons. The number of hydrogen-bond donors (Lipinski definition) is 2. The minimum absolute atomic E-state index is 0.00567. The third-order valence-electron chi connectivity index (χ3n) is 6.09. The Balaban J connectivity index is 1.38. The first-order chi connectivity index (χ1) is 10.9. The van der Waals surface area contributed by atoms with E-state index in [-0.39, 0.29) is 17.1 Å². The van der Waals surface area contributed by atoms with E-state index in [9.17, 15) is 14.3 Å². The van der Waals surface area contributed by atoms with Gasteiger partial charge in [-0.3, -0.25) is 4.79 Å². The third-order valence-corrected chi connectivity index (χ3v) is 6.09. The Morgan fingerprint density at radius 3 is 2.43 bits per heavy atom. The van der Waals surface area contributed by atoms with Gasteiger partial charge in [0, 0.05) is 13.0 Å². The van der Waals surface area contributed by atoms with Gasteiger partial charge in [-0.2, -0.15) is 0 Å². The molecule has 4 bridgehead atoms. The van der Waals surface area contributed by atoms with Crippen LogP contribution in [0.15, 0.2) is 24.3 Å². The molecule has 23 heavy (non-hydrogen) atoms. The van der Waals surface area contributed by atoms with E-state index in [1.54, 1.807) is 12.1 Å². The number of aliphatic hydroxyl groups is 1. The summed E-state index contributed by atoms with van der Waals surface area (Å²) in [7, 11) is 0. The minimum Gasteiger partial charge on any atom is -0.390 e. The summed E-state index contributed by atoms with van der Waals surface area (Å²) in [5.41, 5.74) is 0.399. The quantitative estimate of drug-likeness (QED) is 0.896. The summed E-state index contributed by atoms with van der Waals surface area (Å²) in [6.45, 7) is 0.437. The second kappa shape index (κ2) is 5.30. The van der Waals surface area contributed by atoms with Crippen LogP contribution in [0.3, 0.4) is 0 Å². The molecule has 0 heterocycles. The van der Waals surface area contributed by atoms with Gasteiger partial charge >= 0.3 is 0 Å². The summed E-state index contributed by atoms with van der Waals surface area (Å²) in [5.74, 6) is 0.999. The van der Waals surface area contributed by atoms with Crippen molar-refractivity contribution in [2.24, 2.45) is 17.3 Å². The average molecular weight is 317 g/mol. The molecule has 2 N–H and O–H groups in total. The zero-order valence-corrected chi connectivity index (χ0v) is 13.4. The minimum atomic E-state index is -0.513. The summed E-state index contributed by atoms with van der Waals surface area (Å²) in [5, 5.41) is 13.7. The van der Waals surface area contributed by atoms with Gasteiger partial charge in [-0.05, 0) is 73.5 Å². The van der Waals surface area contributed by atoms with Crippen LogP contribution in [0.5, 0.6) is 0 Å². The summed E-state index contributed by atoms with van der Waals surface area (Å²) >= 11 is 0. The monoisotopic (exact) mass is 317 g/mol. The second-order valence-corrected chi connectivity index (χ2v) is 8.27. The maximum atomic E-state index is 12.9. The highest BCUT2D eigenvalue weighted by molar-refractivity contribution is 5.76. The maximum absolute atomic E-state index is 12.9. The summed E-state index contributed by atoms with van der Waals surface area (Å²) < 4.78 is 12.9. The smallest absolute Gasteiger partial charge is 0.220 e. The molecule has 4 heteroatoms. The molecule has 0 aliphatic heterocycles. The molecule has 2 unspecified atom stereocenters. The lowest BCUT2D eigenvalue weighted by molar-refractivity contribution is -0.169.